The monoisotopic (exact) mass is 563 g/mol. The molecular weight excluding hydrogens is 530 g/mol. The van der Waals surface area contributed by atoms with Crippen molar-refractivity contribution in [3.05, 3.63) is 90.1 Å². The summed E-state index contributed by atoms with van der Waals surface area (Å²) in [5, 5.41) is 3.96. The van der Waals surface area contributed by atoms with Crippen LogP contribution in [0.25, 0.3) is 33.5 Å². The van der Waals surface area contributed by atoms with Crippen molar-refractivity contribution in [1.82, 2.24) is 19.8 Å². The molecule has 9 heteroatoms. The van der Waals surface area contributed by atoms with Gasteiger partial charge in [-0.3, -0.25) is 9.69 Å². The van der Waals surface area contributed by atoms with E-state index in [1.807, 2.05) is 93.6 Å². The Balaban J connectivity index is 1.19. The summed E-state index contributed by atoms with van der Waals surface area (Å²) in [5.74, 6) is 0.116. The molecule has 9 nitrogen and oxygen atoms in total. The average Bonchev–Trinajstić information content (AvgIpc) is 3.42. The molecule has 0 atom stereocenters. The summed E-state index contributed by atoms with van der Waals surface area (Å²) in [7, 11) is 0. The molecule has 0 spiro atoms. The van der Waals surface area contributed by atoms with Crippen molar-refractivity contribution in [2.75, 3.05) is 31.5 Å². The molecule has 1 N–H and O–H groups in total. The van der Waals surface area contributed by atoms with E-state index in [0.717, 1.165) is 35.1 Å². The lowest BCUT2D eigenvalue weighted by Gasteiger charge is -2.35. The van der Waals surface area contributed by atoms with Crippen LogP contribution in [0.2, 0.25) is 0 Å². The number of oxazole rings is 1. The van der Waals surface area contributed by atoms with Crippen molar-refractivity contribution in [2.24, 2.45) is 0 Å². The number of carbonyl (C=O) groups excluding carboxylic acids is 2. The van der Waals surface area contributed by atoms with Crippen molar-refractivity contribution in [3.63, 3.8) is 0 Å². The highest BCUT2D eigenvalue weighted by Gasteiger charge is 2.26. The number of hydrogen-bond donors (Lipinski definition) is 1. The number of fused-ring (bicyclic) bond motifs is 2. The summed E-state index contributed by atoms with van der Waals surface area (Å²) >= 11 is 0. The number of benzene rings is 3. The average molecular weight is 564 g/mol. The molecule has 42 heavy (non-hydrogen) atoms. The van der Waals surface area contributed by atoms with Gasteiger partial charge in [0.25, 0.3) is 5.91 Å². The van der Waals surface area contributed by atoms with Crippen molar-refractivity contribution in [2.45, 2.75) is 32.9 Å². The third-order valence-electron chi connectivity index (χ3n) is 7.16. The minimum Gasteiger partial charge on any atom is -0.444 e. The molecule has 0 unspecified atom stereocenters. The number of anilines is 1. The van der Waals surface area contributed by atoms with E-state index in [1.54, 1.807) is 11.0 Å². The largest absolute Gasteiger partial charge is 0.444 e. The normalized spacial score (nSPS) is 14.3. The Kier molecular flexibility index (Phi) is 7.34. The molecule has 1 saturated heterocycles. The molecule has 0 bridgehead atoms. The van der Waals surface area contributed by atoms with Crippen LogP contribution >= 0.6 is 0 Å². The van der Waals surface area contributed by atoms with Crippen LogP contribution < -0.4 is 5.32 Å². The van der Waals surface area contributed by atoms with Crippen molar-refractivity contribution >= 4 is 39.7 Å². The van der Waals surface area contributed by atoms with Gasteiger partial charge in [-0.1, -0.05) is 48.5 Å². The third-order valence-corrected chi connectivity index (χ3v) is 7.16. The maximum Gasteiger partial charge on any atom is 0.410 e. The maximum absolute atomic E-state index is 13.2. The minimum atomic E-state index is -0.511. The van der Waals surface area contributed by atoms with E-state index in [9.17, 15) is 9.59 Å². The van der Waals surface area contributed by atoms with Crippen molar-refractivity contribution in [3.8, 4) is 11.5 Å². The number of piperazine rings is 1. The van der Waals surface area contributed by atoms with Crippen LogP contribution in [0.4, 0.5) is 10.5 Å². The Morgan fingerprint density at radius 1 is 0.881 bits per heavy atom. The highest BCUT2D eigenvalue weighted by Crippen LogP contribution is 2.32. The van der Waals surface area contributed by atoms with Gasteiger partial charge in [-0.25, -0.2) is 14.8 Å². The quantitative estimate of drug-likeness (QED) is 0.266. The Labute approximate surface area is 244 Å². The van der Waals surface area contributed by atoms with E-state index in [4.69, 9.17) is 14.1 Å². The molecule has 3 heterocycles. The molecule has 5 aromatic rings. The number of aromatic nitrogens is 2. The summed E-state index contributed by atoms with van der Waals surface area (Å²) in [4.78, 5) is 39.1. The van der Waals surface area contributed by atoms with Gasteiger partial charge < -0.3 is 19.4 Å². The van der Waals surface area contributed by atoms with Crippen molar-refractivity contribution < 1.29 is 18.7 Å². The zero-order valence-electron chi connectivity index (χ0n) is 24.0. The number of hydrogen-bond acceptors (Lipinski definition) is 7. The van der Waals surface area contributed by atoms with E-state index in [0.29, 0.717) is 48.1 Å². The second-order valence-corrected chi connectivity index (χ2v) is 11.4. The second kappa shape index (κ2) is 11.3. The Bertz CT molecular complexity index is 1770. The van der Waals surface area contributed by atoms with Gasteiger partial charge >= 0.3 is 6.09 Å². The van der Waals surface area contributed by atoms with Gasteiger partial charge in [0.1, 0.15) is 16.8 Å². The second-order valence-electron chi connectivity index (χ2n) is 11.4. The molecular formula is C33H33N5O4. The summed E-state index contributed by atoms with van der Waals surface area (Å²) in [6.07, 6.45) is -0.271. The number of pyridine rings is 1. The van der Waals surface area contributed by atoms with Gasteiger partial charge in [0.05, 0.1) is 16.8 Å². The minimum absolute atomic E-state index is 0.271. The van der Waals surface area contributed by atoms with Gasteiger partial charge in [-0.2, -0.15) is 0 Å². The zero-order chi connectivity index (χ0) is 29.3. The molecule has 1 fully saturated rings. The van der Waals surface area contributed by atoms with Crippen molar-refractivity contribution in [1.29, 1.82) is 0 Å². The first-order valence-corrected chi connectivity index (χ1v) is 14.1. The summed E-state index contributed by atoms with van der Waals surface area (Å²) in [6.45, 7) is 8.99. The maximum atomic E-state index is 13.2. The lowest BCUT2D eigenvalue weighted by atomic mass is 10.1. The van der Waals surface area contributed by atoms with Crippen LogP contribution in [0, 0.1) is 0 Å². The molecule has 1 aliphatic heterocycles. The number of ether oxygens (including phenoxy) is 1. The molecule has 0 radical (unpaired) electrons. The van der Waals surface area contributed by atoms with Gasteiger partial charge in [-0.05, 0) is 56.7 Å². The van der Waals surface area contributed by atoms with E-state index in [2.05, 4.69) is 15.2 Å². The lowest BCUT2D eigenvalue weighted by Crippen LogP contribution is -2.49. The predicted molar refractivity (Wildman–Crippen MR) is 162 cm³/mol. The van der Waals surface area contributed by atoms with Gasteiger partial charge in [-0.15, -0.1) is 0 Å². The van der Waals surface area contributed by atoms with Gasteiger partial charge in [0.15, 0.2) is 5.58 Å². The molecule has 0 aliphatic carbocycles. The molecule has 2 aromatic heterocycles. The van der Waals surface area contributed by atoms with Crippen LogP contribution in [0.5, 0.6) is 0 Å². The zero-order valence-corrected chi connectivity index (χ0v) is 24.0. The first kappa shape index (κ1) is 27.4. The number of nitrogens with one attached hydrogen (secondary N) is 1. The number of amides is 2. The van der Waals surface area contributed by atoms with Crippen LogP contribution in [-0.4, -0.2) is 63.5 Å². The van der Waals surface area contributed by atoms with E-state index in [1.165, 1.54) is 0 Å². The van der Waals surface area contributed by atoms with E-state index >= 15 is 0 Å². The number of rotatable bonds is 5. The molecule has 6 rings (SSSR count). The standard InChI is InChI=1S/C33H33N5O4/c1-33(2,3)42-32(40)38-19-17-37(18-20-38)21-23-10-8-14-28-29(23)36-31(41-28)24-11-5-7-13-26(24)35-30(39)27-16-15-22-9-4-6-12-25(22)34-27/h4-16H,17-21H2,1-3H3,(H,35,39). The van der Waals surface area contributed by atoms with Crippen LogP contribution in [0.1, 0.15) is 36.8 Å². The summed E-state index contributed by atoms with van der Waals surface area (Å²) in [6, 6.07) is 24.7. The highest BCUT2D eigenvalue weighted by atomic mass is 16.6. The summed E-state index contributed by atoms with van der Waals surface area (Å²) < 4.78 is 11.7. The number of nitrogens with zero attached hydrogens (tertiary/aromatic N) is 4. The van der Waals surface area contributed by atoms with Crippen LogP contribution in [0.3, 0.4) is 0 Å². The van der Waals surface area contributed by atoms with Gasteiger partial charge in [0, 0.05) is 38.1 Å². The van der Waals surface area contributed by atoms with Crippen LogP contribution in [0.15, 0.2) is 83.3 Å². The number of para-hydroxylation sites is 3. The number of carbonyl (C=O) groups is 2. The first-order valence-electron chi connectivity index (χ1n) is 14.1. The fraction of sp³-hybridized carbons (Fsp3) is 0.273. The Hall–Kier alpha value is -4.76. The summed E-state index contributed by atoms with van der Waals surface area (Å²) in [5.41, 5.74) is 4.33. The fourth-order valence-electron chi connectivity index (χ4n) is 5.06. The molecule has 1 aliphatic rings. The smallest absolute Gasteiger partial charge is 0.410 e. The molecule has 3 aromatic carbocycles. The third kappa shape index (κ3) is 5.96. The van der Waals surface area contributed by atoms with Crippen LogP contribution in [-0.2, 0) is 11.3 Å². The Morgan fingerprint density at radius 3 is 2.45 bits per heavy atom. The fourth-order valence-corrected chi connectivity index (χ4v) is 5.06. The molecule has 0 saturated carbocycles. The van der Waals surface area contributed by atoms with Gasteiger partial charge in [0.2, 0.25) is 5.89 Å². The molecule has 2 amide bonds. The van der Waals surface area contributed by atoms with E-state index in [-0.39, 0.29) is 12.0 Å². The Morgan fingerprint density at radius 2 is 1.64 bits per heavy atom. The molecule has 214 valence electrons. The highest BCUT2D eigenvalue weighted by molar-refractivity contribution is 6.05. The first-order chi connectivity index (χ1) is 20.2. The lowest BCUT2D eigenvalue weighted by molar-refractivity contribution is 0.0139. The SMILES string of the molecule is CC(C)(C)OC(=O)N1CCN(Cc2cccc3oc(-c4ccccc4NC(=O)c4ccc5ccccc5n4)nc23)CC1. The predicted octanol–water partition coefficient (Wildman–Crippen LogP) is 6.35. The van der Waals surface area contributed by atoms with E-state index < -0.39 is 5.60 Å². The topological polar surface area (TPSA) is 101 Å².